The standard InChI is InChI=1S/C22H29NO3/c1-6-19(26-21-12-11-15(2)13-17(21)4)22(24)23-18(5)14-25-20-10-8-7-9-16(20)3/h7-13,18-19H,6,14H2,1-5H3,(H,23,24). The molecule has 1 amide bonds. The minimum Gasteiger partial charge on any atom is -0.491 e. The van der Waals surface area contributed by atoms with Crippen LogP contribution in [0.2, 0.25) is 0 Å². The van der Waals surface area contributed by atoms with Crippen molar-refractivity contribution in [1.82, 2.24) is 5.32 Å². The number of benzene rings is 2. The molecule has 4 nitrogen and oxygen atoms in total. The predicted octanol–water partition coefficient (Wildman–Crippen LogP) is 4.35. The molecule has 0 aliphatic heterocycles. The van der Waals surface area contributed by atoms with E-state index >= 15 is 0 Å². The lowest BCUT2D eigenvalue weighted by Gasteiger charge is -2.22. The van der Waals surface area contributed by atoms with Crippen molar-refractivity contribution < 1.29 is 14.3 Å². The predicted molar refractivity (Wildman–Crippen MR) is 105 cm³/mol. The summed E-state index contributed by atoms with van der Waals surface area (Å²) in [5.41, 5.74) is 3.29. The molecule has 0 aliphatic rings. The fourth-order valence-electron chi connectivity index (χ4n) is 2.72. The van der Waals surface area contributed by atoms with Crippen LogP contribution in [-0.4, -0.2) is 24.7 Å². The van der Waals surface area contributed by atoms with E-state index in [1.165, 1.54) is 5.56 Å². The molecule has 2 unspecified atom stereocenters. The maximum atomic E-state index is 12.6. The van der Waals surface area contributed by atoms with Gasteiger partial charge in [0.1, 0.15) is 18.1 Å². The van der Waals surface area contributed by atoms with Gasteiger partial charge >= 0.3 is 0 Å². The molecule has 0 radical (unpaired) electrons. The van der Waals surface area contributed by atoms with Gasteiger partial charge in [0.2, 0.25) is 0 Å². The van der Waals surface area contributed by atoms with E-state index in [9.17, 15) is 4.79 Å². The Labute approximate surface area is 156 Å². The van der Waals surface area contributed by atoms with Gasteiger partial charge in [0.05, 0.1) is 6.04 Å². The van der Waals surface area contributed by atoms with Gasteiger partial charge in [0.25, 0.3) is 5.91 Å². The number of nitrogens with one attached hydrogen (secondary N) is 1. The summed E-state index contributed by atoms with van der Waals surface area (Å²) in [6, 6.07) is 13.7. The smallest absolute Gasteiger partial charge is 0.261 e. The third-order valence-corrected chi connectivity index (χ3v) is 4.23. The molecule has 0 saturated heterocycles. The maximum Gasteiger partial charge on any atom is 0.261 e. The fraction of sp³-hybridized carbons (Fsp3) is 0.409. The first-order valence-electron chi connectivity index (χ1n) is 9.13. The highest BCUT2D eigenvalue weighted by Gasteiger charge is 2.21. The summed E-state index contributed by atoms with van der Waals surface area (Å²) in [6.45, 7) is 10.3. The Bertz CT molecular complexity index is 742. The number of amides is 1. The van der Waals surface area contributed by atoms with Crippen LogP contribution in [0.5, 0.6) is 11.5 Å². The van der Waals surface area contributed by atoms with Gasteiger partial charge in [-0.3, -0.25) is 4.79 Å². The van der Waals surface area contributed by atoms with Crippen molar-refractivity contribution in [1.29, 1.82) is 0 Å². The molecular weight excluding hydrogens is 326 g/mol. The molecule has 2 rings (SSSR count). The van der Waals surface area contributed by atoms with Crippen molar-refractivity contribution in [3.63, 3.8) is 0 Å². The third-order valence-electron chi connectivity index (χ3n) is 4.23. The maximum absolute atomic E-state index is 12.6. The van der Waals surface area contributed by atoms with Crippen LogP contribution in [0.1, 0.15) is 37.0 Å². The zero-order chi connectivity index (χ0) is 19.1. The van der Waals surface area contributed by atoms with Gasteiger partial charge in [-0.2, -0.15) is 0 Å². The lowest BCUT2D eigenvalue weighted by atomic mass is 10.1. The quantitative estimate of drug-likeness (QED) is 0.766. The minimum absolute atomic E-state index is 0.112. The zero-order valence-electron chi connectivity index (χ0n) is 16.3. The number of aryl methyl sites for hydroxylation is 3. The Balaban J connectivity index is 1.90. The Morgan fingerprint density at radius 3 is 2.42 bits per heavy atom. The van der Waals surface area contributed by atoms with Crippen LogP contribution in [-0.2, 0) is 4.79 Å². The van der Waals surface area contributed by atoms with Gasteiger partial charge in [0.15, 0.2) is 6.10 Å². The van der Waals surface area contributed by atoms with Crippen molar-refractivity contribution in [2.75, 3.05) is 6.61 Å². The number of carbonyl (C=O) groups is 1. The van der Waals surface area contributed by atoms with Gasteiger partial charge < -0.3 is 14.8 Å². The fourth-order valence-corrected chi connectivity index (χ4v) is 2.72. The largest absolute Gasteiger partial charge is 0.491 e. The normalized spacial score (nSPS) is 13.0. The van der Waals surface area contributed by atoms with Crippen LogP contribution in [0.3, 0.4) is 0 Å². The monoisotopic (exact) mass is 355 g/mol. The topological polar surface area (TPSA) is 47.6 Å². The molecule has 0 aromatic heterocycles. The minimum atomic E-state index is -0.516. The Morgan fingerprint density at radius 2 is 1.77 bits per heavy atom. The Hall–Kier alpha value is -2.49. The first-order chi connectivity index (χ1) is 12.4. The Kier molecular flexibility index (Phi) is 7.07. The average molecular weight is 355 g/mol. The molecule has 140 valence electrons. The summed E-state index contributed by atoms with van der Waals surface area (Å²) in [5, 5.41) is 2.98. The first-order valence-corrected chi connectivity index (χ1v) is 9.13. The van der Waals surface area contributed by atoms with E-state index in [1.54, 1.807) is 0 Å². The van der Waals surface area contributed by atoms with Crippen molar-refractivity contribution in [2.45, 2.75) is 53.2 Å². The van der Waals surface area contributed by atoms with Crippen molar-refractivity contribution in [3.05, 3.63) is 59.2 Å². The van der Waals surface area contributed by atoms with E-state index in [0.29, 0.717) is 13.0 Å². The number of rotatable bonds is 8. The van der Waals surface area contributed by atoms with Crippen LogP contribution in [0, 0.1) is 20.8 Å². The van der Waals surface area contributed by atoms with Gasteiger partial charge in [-0.15, -0.1) is 0 Å². The number of hydrogen-bond acceptors (Lipinski definition) is 3. The molecule has 2 atom stereocenters. The van der Waals surface area contributed by atoms with Crippen LogP contribution in [0.4, 0.5) is 0 Å². The molecule has 2 aromatic carbocycles. The summed E-state index contributed by atoms with van der Waals surface area (Å²) in [7, 11) is 0. The zero-order valence-corrected chi connectivity index (χ0v) is 16.3. The van der Waals surface area contributed by atoms with E-state index < -0.39 is 6.10 Å². The molecule has 0 spiro atoms. The van der Waals surface area contributed by atoms with E-state index in [2.05, 4.69) is 11.4 Å². The third kappa shape index (κ3) is 5.51. The molecule has 4 heteroatoms. The summed E-state index contributed by atoms with van der Waals surface area (Å²) in [4.78, 5) is 12.6. The second-order valence-electron chi connectivity index (χ2n) is 6.77. The van der Waals surface area contributed by atoms with E-state index in [0.717, 1.165) is 22.6 Å². The molecule has 0 heterocycles. The SMILES string of the molecule is CCC(Oc1ccc(C)cc1C)C(=O)NC(C)COc1ccccc1C. The molecule has 26 heavy (non-hydrogen) atoms. The number of ether oxygens (including phenoxy) is 2. The van der Waals surface area contributed by atoms with Crippen LogP contribution >= 0.6 is 0 Å². The van der Waals surface area contributed by atoms with E-state index in [4.69, 9.17) is 9.47 Å². The lowest BCUT2D eigenvalue weighted by molar-refractivity contribution is -0.129. The van der Waals surface area contributed by atoms with Gasteiger partial charge in [0, 0.05) is 0 Å². The van der Waals surface area contributed by atoms with E-state index in [1.807, 2.05) is 71.0 Å². The molecule has 0 bridgehead atoms. The Morgan fingerprint density at radius 1 is 1.04 bits per heavy atom. The molecular formula is C22H29NO3. The molecule has 0 saturated carbocycles. The number of carbonyl (C=O) groups excluding carboxylic acids is 1. The van der Waals surface area contributed by atoms with Crippen molar-refractivity contribution in [3.8, 4) is 11.5 Å². The number of hydrogen-bond donors (Lipinski definition) is 1. The van der Waals surface area contributed by atoms with Crippen LogP contribution < -0.4 is 14.8 Å². The van der Waals surface area contributed by atoms with Crippen LogP contribution in [0.25, 0.3) is 0 Å². The highest BCUT2D eigenvalue weighted by molar-refractivity contribution is 5.81. The first kappa shape index (κ1) is 19.8. The van der Waals surface area contributed by atoms with Crippen molar-refractivity contribution >= 4 is 5.91 Å². The average Bonchev–Trinajstić information content (AvgIpc) is 2.60. The second kappa shape index (κ2) is 9.27. The van der Waals surface area contributed by atoms with Gasteiger partial charge in [-0.1, -0.05) is 42.8 Å². The second-order valence-corrected chi connectivity index (χ2v) is 6.77. The summed E-state index contributed by atoms with van der Waals surface area (Å²) in [5.74, 6) is 1.47. The highest BCUT2D eigenvalue weighted by atomic mass is 16.5. The highest BCUT2D eigenvalue weighted by Crippen LogP contribution is 2.21. The molecule has 0 fully saturated rings. The lowest BCUT2D eigenvalue weighted by Crippen LogP contribution is -2.44. The summed E-state index contributed by atoms with van der Waals surface area (Å²) < 4.78 is 11.7. The molecule has 2 aromatic rings. The molecule has 1 N–H and O–H groups in total. The van der Waals surface area contributed by atoms with Crippen LogP contribution in [0.15, 0.2) is 42.5 Å². The molecule has 0 aliphatic carbocycles. The van der Waals surface area contributed by atoms with Gasteiger partial charge in [-0.25, -0.2) is 0 Å². The van der Waals surface area contributed by atoms with E-state index in [-0.39, 0.29) is 11.9 Å². The summed E-state index contributed by atoms with van der Waals surface area (Å²) in [6.07, 6.45) is 0.0853. The van der Waals surface area contributed by atoms with Crippen molar-refractivity contribution in [2.24, 2.45) is 0 Å². The van der Waals surface area contributed by atoms with Gasteiger partial charge in [-0.05, 0) is 57.4 Å². The number of para-hydroxylation sites is 1. The summed E-state index contributed by atoms with van der Waals surface area (Å²) >= 11 is 0.